The Balaban J connectivity index is 1.34. The van der Waals surface area contributed by atoms with Gasteiger partial charge in [0.2, 0.25) is 5.91 Å². The Bertz CT molecular complexity index is 950. The topological polar surface area (TPSA) is 104 Å². The molecule has 8 nitrogen and oxygen atoms in total. The standard InChI is InChI=1S/C24H32N4O4/c1-24(2,3)17-6-8-19(9-7-17)32-16-4-5-22(30)28-14-12-18(13-15-28)25-23(31)20-10-11-21(29)27-26-20/h6-11,18H,4-5,12-16H2,1-3H3,(H,25,31)(H,27,29). The van der Waals surface area contributed by atoms with Crippen molar-refractivity contribution in [3.8, 4) is 5.75 Å². The third kappa shape index (κ3) is 6.67. The summed E-state index contributed by atoms with van der Waals surface area (Å²) in [4.78, 5) is 37.6. The van der Waals surface area contributed by atoms with E-state index in [2.05, 4.69) is 48.4 Å². The van der Waals surface area contributed by atoms with E-state index < -0.39 is 0 Å². The van der Waals surface area contributed by atoms with Gasteiger partial charge in [-0.05, 0) is 48.4 Å². The number of nitrogens with zero attached hydrogens (tertiary/aromatic N) is 2. The Labute approximate surface area is 188 Å². The number of likely N-dealkylation sites (tertiary alicyclic amines) is 1. The van der Waals surface area contributed by atoms with E-state index in [9.17, 15) is 14.4 Å². The molecule has 2 aromatic rings. The molecule has 3 rings (SSSR count). The summed E-state index contributed by atoms with van der Waals surface area (Å²) in [6, 6.07) is 10.8. The molecule has 2 amide bonds. The van der Waals surface area contributed by atoms with Crippen LogP contribution in [0.15, 0.2) is 41.2 Å². The summed E-state index contributed by atoms with van der Waals surface area (Å²) in [5, 5.41) is 8.91. The number of carbonyl (C=O) groups excluding carboxylic acids is 2. The van der Waals surface area contributed by atoms with Crippen molar-refractivity contribution < 1.29 is 14.3 Å². The van der Waals surface area contributed by atoms with Crippen LogP contribution in [-0.4, -0.2) is 52.6 Å². The van der Waals surface area contributed by atoms with Crippen molar-refractivity contribution in [1.82, 2.24) is 20.4 Å². The quantitative estimate of drug-likeness (QED) is 0.644. The van der Waals surface area contributed by atoms with Crippen molar-refractivity contribution in [2.75, 3.05) is 19.7 Å². The van der Waals surface area contributed by atoms with Crippen LogP contribution in [0.4, 0.5) is 0 Å². The van der Waals surface area contributed by atoms with Crippen LogP contribution >= 0.6 is 0 Å². The number of aromatic amines is 1. The SMILES string of the molecule is CC(C)(C)c1ccc(OCCCC(=O)N2CCC(NC(=O)c3ccc(=O)[nH]n3)CC2)cc1. The molecule has 0 atom stereocenters. The van der Waals surface area contributed by atoms with Crippen LogP contribution in [0.25, 0.3) is 0 Å². The normalized spacial score (nSPS) is 14.8. The van der Waals surface area contributed by atoms with Gasteiger partial charge in [0.15, 0.2) is 0 Å². The molecule has 2 N–H and O–H groups in total. The van der Waals surface area contributed by atoms with Crippen molar-refractivity contribution in [3.05, 3.63) is 58.0 Å². The summed E-state index contributed by atoms with van der Waals surface area (Å²) in [5.74, 6) is 0.612. The first-order valence-electron chi connectivity index (χ1n) is 11.1. The first-order chi connectivity index (χ1) is 15.2. The van der Waals surface area contributed by atoms with Gasteiger partial charge in [-0.1, -0.05) is 32.9 Å². The predicted molar refractivity (Wildman–Crippen MR) is 122 cm³/mol. The molecule has 8 heteroatoms. The fourth-order valence-corrected chi connectivity index (χ4v) is 3.63. The maximum absolute atomic E-state index is 12.5. The Morgan fingerprint density at radius 1 is 1.12 bits per heavy atom. The van der Waals surface area contributed by atoms with E-state index in [1.165, 1.54) is 17.7 Å². The third-order valence-electron chi connectivity index (χ3n) is 5.62. The van der Waals surface area contributed by atoms with Crippen molar-refractivity contribution >= 4 is 11.8 Å². The fourth-order valence-electron chi connectivity index (χ4n) is 3.63. The molecule has 0 saturated carbocycles. The van der Waals surface area contributed by atoms with E-state index in [0.29, 0.717) is 45.4 Å². The molecular formula is C24H32N4O4. The van der Waals surface area contributed by atoms with Gasteiger partial charge in [0.1, 0.15) is 11.4 Å². The molecule has 1 saturated heterocycles. The number of piperidine rings is 1. The van der Waals surface area contributed by atoms with Gasteiger partial charge >= 0.3 is 0 Å². The minimum absolute atomic E-state index is 0.0142. The highest BCUT2D eigenvalue weighted by atomic mass is 16.5. The first-order valence-corrected chi connectivity index (χ1v) is 11.1. The van der Waals surface area contributed by atoms with Crippen molar-refractivity contribution in [2.45, 2.75) is 57.9 Å². The van der Waals surface area contributed by atoms with Gasteiger partial charge in [0.25, 0.3) is 11.5 Å². The van der Waals surface area contributed by atoms with Crippen LogP contribution in [0.1, 0.15) is 62.5 Å². The molecule has 2 heterocycles. The van der Waals surface area contributed by atoms with Crippen LogP contribution < -0.4 is 15.6 Å². The number of benzene rings is 1. The number of ether oxygens (including phenoxy) is 1. The molecule has 0 aliphatic carbocycles. The lowest BCUT2D eigenvalue weighted by atomic mass is 9.87. The summed E-state index contributed by atoms with van der Waals surface area (Å²) in [6.07, 6.45) is 2.49. The molecule has 1 fully saturated rings. The van der Waals surface area contributed by atoms with Crippen LogP contribution in [-0.2, 0) is 10.2 Å². The molecule has 0 radical (unpaired) electrons. The van der Waals surface area contributed by atoms with E-state index in [1.807, 2.05) is 17.0 Å². The lowest BCUT2D eigenvalue weighted by molar-refractivity contribution is -0.132. The molecule has 172 valence electrons. The van der Waals surface area contributed by atoms with E-state index in [4.69, 9.17) is 4.74 Å². The van der Waals surface area contributed by atoms with Gasteiger partial charge in [0.05, 0.1) is 6.61 Å². The summed E-state index contributed by atoms with van der Waals surface area (Å²) >= 11 is 0. The first kappa shape index (κ1) is 23.5. The van der Waals surface area contributed by atoms with E-state index >= 15 is 0 Å². The van der Waals surface area contributed by atoms with Crippen molar-refractivity contribution in [3.63, 3.8) is 0 Å². The number of hydrogen-bond acceptors (Lipinski definition) is 5. The zero-order valence-corrected chi connectivity index (χ0v) is 19.0. The number of hydrogen-bond donors (Lipinski definition) is 2. The Morgan fingerprint density at radius 2 is 1.81 bits per heavy atom. The van der Waals surface area contributed by atoms with Gasteiger partial charge in [-0.25, -0.2) is 5.10 Å². The fraction of sp³-hybridized carbons (Fsp3) is 0.500. The largest absolute Gasteiger partial charge is 0.494 e. The highest BCUT2D eigenvalue weighted by molar-refractivity contribution is 5.92. The maximum atomic E-state index is 12.5. The highest BCUT2D eigenvalue weighted by Crippen LogP contribution is 2.24. The minimum atomic E-state index is -0.350. The second-order valence-corrected chi connectivity index (χ2v) is 9.16. The molecule has 32 heavy (non-hydrogen) atoms. The lowest BCUT2D eigenvalue weighted by Crippen LogP contribution is -2.46. The average Bonchev–Trinajstić information content (AvgIpc) is 2.77. The molecule has 1 aromatic heterocycles. The van der Waals surface area contributed by atoms with Crippen LogP contribution in [0, 0.1) is 0 Å². The van der Waals surface area contributed by atoms with Crippen molar-refractivity contribution in [2.24, 2.45) is 0 Å². The Kier molecular flexibility index (Phi) is 7.66. The number of nitrogens with one attached hydrogen (secondary N) is 2. The number of H-pyrrole nitrogens is 1. The number of aromatic nitrogens is 2. The smallest absolute Gasteiger partial charge is 0.271 e. The lowest BCUT2D eigenvalue weighted by Gasteiger charge is -2.32. The zero-order valence-electron chi connectivity index (χ0n) is 19.0. The van der Waals surface area contributed by atoms with Gasteiger partial charge in [-0.3, -0.25) is 14.4 Å². The third-order valence-corrected chi connectivity index (χ3v) is 5.62. The van der Waals surface area contributed by atoms with E-state index in [0.717, 1.165) is 5.75 Å². The molecule has 0 spiro atoms. The molecule has 1 aromatic carbocycles. The van der Waals surface area contributed by atoms with Gasteiger partial charge < -0.3 is 15.0 Å². The zero-order chi connectivity index (χ0) is 23.1. The van der Waals surface area contributed by atoms with Crippen LogP contribution in [0.3, 0.4) is 0 Å². The number of carbonyl (C=O) groups is 2. The van der Waals surface area contributed by atoms with Crippen molar-refractivity contribution in [1.29, 1.82) is 0 Å². The summed E-state index contributed by atoms with van der Waals surface area (Å²) in [6.45, 7) is 8.24. The van der Waals surface area contributed by atoms with Gasteiger partial charge in [-0.2, -0.15) is 5.10 Å². The van der Waals surface area contributed by atoms with E-state index in [-0.39, 0.29) is 34.5 Å². The maximum Gasteiger partial charge on any atom is 0.271 e. The van der Waals surface area contributed by atoms with Gasteiger partial charge in [-0.15, -0.1) is 0 Å². The second-order valence-electron chi connectivity index (χ2n) is 9.16. The monoisotopic (exact) mass is 440 g/mol. The Morgan fingerprint density at radius 3 is 2.41 bits per heavy atom. The Hall–Kier alpha value is -3.16. The van der Waals surface area contributed by atoms with Gasteiger partial charge in [0, 0.05) is 31.6 Å². The highest BCUT2D eigenvalue weighted by Gasteiger charge is 2.24. The summed E-state index contributed by atoms with van der Waals surface area (Å²) in [5.41, 5.74) is 1.20. The summed E-state index contributed by atoms with van der Waals surface area (Å²) in [7, 11) is 0. The molecule has 0 unspecified atom stereocenters. The second kappa shape index (κ2) is 10.4. The molecule has 1 aliphatic heterocycles. The predicted octanol–water partition coefficient (Wildman–Crippen LogP) is 2.65. The minimum Gasteiger partial charge on any atom is -0.494 e. The van der Waals surface area contributed by atoms with Crippen LogP contribution in [0.2, 0.25) is 0 Å². The molecule has 0 bridgehead atoms. The number of amides is 2. The van der Waals surface area contributed by atoms with Crippen LogP contribution in [0.5, 0.6) is 5.75 Å². The van der Waals surface area contributed by atoms with E-state index in [1.54, 1.807) is 0 Å². The summed E-state index contributed by atoms with van der Waals surface area (Å²) < 4.78 is 5.78. The average molecular weight is 441 g/mol. The molecular weight excluding hydrogens is 408 g/mol. The molecule has 1 aliphatic rings. The number of rotatable bonds is 7.